The van der Waals surface area contributed by atoms with Crippen molar-refractivity contribution in [3.8, 4) is 11.5 Å². The van der Waals surface area contributed by atoms with Crippen LogP contribution in [0, 0.1) is 24.0 Å². The minimum Gasteiger partial charge on any atom is -0.489 e. The van der Waals surface area contributed by atoms with E-state index in [0.717, 1.165) is 49.4 Å². The highest BCUT2D eigenvalue weighted by Crippen LogP contribution is 2.35. The van der Waals surface area contributed by atoms with Gasteiger partial charge in [0.25, 0.3) is 5.69 Å². The zero-order chi connectivity index (χ0) is 26.4. The molecule has 0 spiro atoms. The Kier molecular flexibility index (Phi) is 5.57. The summed E-state index contributed by atoms with van der Waals surface area (Å²) in [5.41, 5.74) is 6.12. The second-order valence-electron chi connectivity index (χ2n) is 9.22. The first-order chi connectivity index (χ1) is 18.4. The van der Waals surface area contributed by atoms with Gasteiger partial charge in [-0.2, -0.15) is 0 Å². The fourth-order valence-corrected chi connectivity index (χ4v) is 4.96. The summed E-state index contributed by atoms with van der Waals surface area (Å²) in [7, 11) is 0. The van der Waals surface area contributed by atoms with Crippen molar-refractivity contribution in [2.75, 3.05) is 0 Å². The van der Waals surface area contributed by atoms with Crippen LogP contribution in [0.3, 0.4) is 0 Å². The van der Waals surface area contributed by atoms with Gasteiger partial charge < -0.3 is 19.4 Å². The number of carbonyl (C=O) groups excluding carboxylic acids is 1. The lowest BCUT2D eigenvalue weighted by molar-refractivity contribution is -0.384. The number of aromatic nitrogens is 2. The summed E-state index contributed by atoms with van der Waals surface area (Å²) in [4.78, 5) is 30.3. The topological polar surface area (TPSA) is 110 Å². The smallest absolute Gasteiger partial charge is 0.360 e. The Bertz CT molecular complexity index is 1870. The van der Waals surface area contributed by atoms with Crippen molar-refractivity contribution < 1.29 is 19.2 Å². The van der Waals surface area contributed by atoms with Gasteiger partial charge in [-0.25, -0.2) is 4.79 Å². The molecule has 6 aromatic rings. The number of para-hydroxylation sites is 1. The molecule has 0 amide bonds. The average molecular weight is 506 g/mol. The van der Waals surface area contributed by atoms with Gasteiger partial charge in [0, 0.05) is 45.4 Å². The van der Waals surface area contributed by atoms with Crippen LogP contribution in [0.5, 0.6) is 11.5 Å². The molecule has 8 nitrogen and oxygen atoms in total. The Morgan fingerprint density at radius 3 is 2.39 bits per heavy atom. The number of nitro groups is 1. The van der Waals surface area contributed by atoms with Gasteiger partial charge in [-0.15, -0.1) is 0 Å². The number of esters is 1. The third-order valence-electron chi connectivity index (χ3n) is 6.84. The van der Waals surface area contributed by atoms with Crippen LogP contribution in [0.25, 0.3) is 32.7 Å². The summed E-state index contributed by atoms with van der Waals surface area (Å²) < 4.78 is 11.5. The number of aromatic amines is 2. The molecule has 188 valence electrons. The molecule has 0 radical (unpaired) electrons. The van der Waals surface area contributed by atoms with E-state index in [-0.39, 0.29) is 12.3 Å². The molecule has 0 fully saturated rings. The van der Waals surface area contributed by atoms with Gasteiger partial charge in [-0.1, -0.05) is 24.3 Å². The number of benzene rings is 4. The largest absolute Gasteiger partial charge is 0.489 e. The van der Waals surface area contributed by atoms with Gasteiger partial charge >= 0.3 is 5.97 Å². The maximum Gasteiger partial charge on any atom is 0.360 e. The van der Waals surface area contributed by atoms with Crippen molar-refractivity contribution in [3.05, 3.63) is 111 Å². The quantitative estimate of drug-likeness (QED) is 0.108. The van der Waals surface area contributed by atoms with Crippen LogP contribution >= 0.6 is 0 Å². The van der Waals surface area contributed by atoms with Crippen molar-refractivity contribution in [2.24, 2.45) is 0 Å². The maximum atomic E-state index is 13.2. The molecule has 0 aliphatic rings. The molecular formula is C30H23N3O5. The number of aryl methyl sites for hydroxylation is 2. The zero-order valence-corrected chi connectivity index (χ0v) is 20.7. The molecule has 0 bridgehead atoms. The molecule has 0 aliphatic heterocycles. The summed E-state index contributed by atoms with van der Waals surface area (Å²) in [6.07, 6.45) is 0. The van der Waals surface area contributed by atoms with Crippen molar-refractivity contribution in [3.63, 3.8) is 0 Å². The lowest BCUT2D eigenvalue weighted by atomic mass is 10.0. The molecule has 2 N–H and O–H groups in total. The minimum atomic E-state index is -0.487. The van der Waals surface area contributed by atoms with E-state index in [1.54, 1.807) is 36.4 Å². The van der Waals surface area contributed by atoms with E-state index in [1.165, 1.54) is 12.1 Å². The molecule has 0 aliphatic carbocycles. The fourth-order valence-electron chi connectivity index (χ4n) is 4.96. The highest BCUT2D eigenvalue weighted by Gasteiger charge is 2.21. The van der Waals surface area contributed by atoms with E-state index in [2.05, 4.69) is 35.1 Å². The van der Waals surface area contributed by atoms with E-state index >= 15 is 0 Å². The predicted molar refractivity (Wildman–Crippen MR) is 146 cm³/mol. The van der Waals surface area contributed by atoms with Gasteiger partial charge in [-0.05, 0) is 66.9 Å². The Hall–Kier alpha value is -5.11. The average Bonchev–Trinajstić information content (AvgIpc) is 3.46. The molecule has 8 heteroatoms. The van der Waals surface area contributed by atoms with Crippen LogP contribution < -0.4 is 9.47 Å². The maximum absolute atomic E-state index is 13.2. The number of hydrogen-bond acceptors (Lipinski definition) is 5. The number of ether oxygens (including phenoxy) is 2. The summed E-state index contributed by atoms with van der Waals surface area (Å²) in [5.74, 6) is 0.377. The van der Waals surface area contributed by atoms with Gasteiger partial charge in [0.05, 0.1) is 10.4 Å². The summed E-state index contributed by atoms with van der Waals surface area (Å²) in [5, 5.41) is 14.1. The van der Waals surface area contributed by atoms with Gasteiger partial charge in [0.2, 0.25) is 0 Å². The molecule has 0 unspecified atom stereocenters. The van der Waals surface area contributed by atoms with Crippen LogP contribution in [0.4, 0.5) is 5.69 Å². The van der Waals surface area contributed by atoms with Gasteiger partial charge in [0.1, 0.15) is 23.8 Å². The third-order valence-corrected chi connectivity index (χ3v) is 6.84. The monoisotopic (exact) mass is 505 g/mol. The normalized spacial score (nSPS) is 11.3. The first-order valence-electron chi connectivity index (χ1n) is 12.1. The molecule has 4 aromatic carbocycles. The van der Waals surface area contributed by atoms with Gasteiger partial charge in [-0.3, -0.25) is 10.1 Å². The van der Waals surface area contributed by atoms with Gasteiger partial charge in [0.15, 0.2) is 0 Å². The standard InChI is InChI=1S/C30H23N3O5/c1-17-27-18(2)29(32-26(27)15-24-23-8-3-4-9-25(23)31-28(17)24)30(34)38-22-7-5-6-21(14-22)37-16-19-10-12-20(13-11-19)33(35)36/h3-15,31-32H,16H2,1-2H3. The van der Waals surface area contributed by atoms with Crippen LogP contribution in [0.2, 0.25) is 0 Å². The lowest BCUT2D eigenvalue weighted by Gasteiger charge is -2.09. The highest BCUT2D eigenvalue weighted by molar-refractivity contribution is 6.15. The van der Waals surface area contributed by atoms with Crippen molar-refractivity contribution in [2.45, 2.75) is 20.5 Å². The summed E-state index contributed by atoms with van der Waals surface area (Å²) in [6.45, 7) is 4.19. The number of H-pyrrole nitrogens is 2. The molecule has 6 rings (SSSR count). The van der Waals surface area contributed by atoms with Crippen LogP contribution in [-0.4, -0.2) is 20.9 Å². The second kappa shape index (κ2) is 9.08. The Morgan fingerprint density at radius 2 is 1.61 bits per heavy atom. The number of non-ortho nitro benzene ring substituents is 1. The number of fused-ring (bicyclic) bond motifs is 4. The lowest BCUT2D eigenvalue weighted by Crippen LogP contribution is -2.10. The first kappa shape index (κ1) is 23.3. The van der Waals surface area contributed by atoms with E-state index < -0.39 is 10.9 Å². The minimum absolute atomic E-state index is 0.0239. The van der Waals surface area contributed by atoms with Crippen molar-refractivity contribution in [1.29, 1.82) is 0 Å². The molecule has 2 heterocycles. The van der Waals surface area contributed by atoms with E-state index in [0.29, 0.717) is 17.2 Å². The van der Waals surface area contributed by atoms with E-state index in [9.17, 15) is 14.9 Å². The molecule has 38 heavy (non-hydrogen) atoms. The number of nitro benzene ring substituents is 1. The number of nitrogens with zero attached hydrogens (tertiary/aromatic N) is 1. The number of nitrogens with one attached hydrogen (secondary N) is 2. The number of hydrogen-bond donors (Lipinski definition) is 2. The fraction of sp³-hybridized carbons (Fsp3) is 0.100. The van der Waals surface area contributed by atoms with Crippen LogP contribution in [-0.2, 0) is 6.61 Å². The van der Waals surface area contributed by atoms with E-state index in [4.69, 9.17) is 9.47 Å². The molecular weight excluding hydrogens is 482 g/mol. The van der Waals surface area contributed by atoms with Crippen molar-refractivity contribution in [1.82, 2.24) is 9.97 Å². The van der Waals surface area contributed by atoms with Crippen molar-refractivity contribution >= 4 is 44.4 Å². The molecule has 2 aromatic heterocycles. The Morgan fingerprint density at radius 1 is 0.842 bits per heavy atom. The van der Waals surface area contributed by atoms with E-state index in [1.807, 2.05) is 19.1 Å². The molecule has 0 saturated carbocycles. The summed E-state index contributed by atoms with van der Waals surface area (Å²) >= 11 is 0. The second-order valence-corrected chi connectivity index (χ2v) is 9.22. The van der Waals surface area contributed by atoms with Crippen LogP contribution in [0.1, 0.15) is 27.2 Å². The summed E-state index contributed by atoms with van der Waals surface area (Å²) in [6, 6.07) is 23.2. The highest BCUT2D eigenvalue weighted by atomic mass is 16.6. The van der Waals surface area contributed by atoms with Crippen LogP contribution in [0.15, 0.2) is 78.9 Å². The number of rotatable bonds is 6. The molecule has 0 saturated heterocycles. The Labute approximate surface area is 217 Å². The SMILES string of the molecule is Cc1c(C(=O)Oc2cccc(OCc3ccc([N+](=O)[O-])cc3)c2)[nH]c2cc3c([nH]c4ccccc43)c(C)c12. The third kappa shape index (κ3) is 4.02. The Balaban J connectivity index is 1.24. The number of carbonyl (C=O) groups is 1. The molecule has 0 atom stereocenters. The zero-order valence-electron chi connectivity index (χ0n) is 20.7. The first-order valence-corrected chi connectivity index (χ1v) is 12.1. The predicted octanol–water partition coefficient (Wildman–Crippen LogP) is 7.13.